The molecule has 2 heterocycles. The normalized spacial score (nSPS) is 32.2. The van der Waals surface area contributed by atoms with Crippen molar-refractivity contribution in [2.24, 2.45) is 0 Å². The molecule has 1 spiro atoms. The van der Waals surface area contributed by atoms with E-state index in [2.05, 4.69) is 11.8 Å². The molecule has 2 rings (SSSR count). The standard InChI is InChI=1S/C13H23NO4/c1-2-14(6-3-12(15)16)11-4-7-18-13(9-11)5-8-17-10-13/h11H,2-10H2,1H3,(H,15,16). The van der Waals surface area contributed by atoms with Gasteiger partial charge in [0.15, 0.2) is 0 Å². The Balaban J connectivity index is 1.91. The van der Waals surface area contributed by atoms with Crippen molar-refractivity contribution in [3.63, 3.8) is 0 Å². The molecule has 0 aromatic heterocycles. The van der Waals surface area contributed by atoms with E-state index >= 15 is 0 Å². The van der Waals surface area contributed by atoms with Crippen molar-refractivity contribution in [2.75, 3.05) is 32.9 Å². The second kappa shape index (κ2) is 5.99. The molecule has 1 N–H and O–H groups in total. The van der Waals surface area contributed by atoms with Crippen LogP contribution in [0.15, 0.2) is 0 Å². The molecule has 18 heavy (non-hydrogen) atoms. The van der Waals surface area contributed by atoms with Crippen molar-refractivity contribution in [1.29, 1.82) is 0 Å². The lowest BCUT2D eigenvalue weighted by molar-refractivity contribution is -0.138. The van der Waals surface area contributed by atoms with Crippen LogP contribution in [-0.2, 0) is 14.3 Å². The van der Waals surface area contributed by atoms with Crippen LogP contribution in [0.25, 0.3) is 0 Å². The zero-order valence-electron chi connectivity index (χ0n) is 11.1. The van der Waals surface area contributed by atoms with Crippen molar-refractivity contribution >= 4 is 5.97 Å². The predicted molar refractivity (Wildman–Crippen MR) is 66.6 cm³/mol. The molecule has 2 fully saturated rings. The maximum atomic E-state index is 10.7. The second-order valence-electron chi connectivity index (χ2n) is 5.25. The van der Waals surface area contributed by atoms with E-state index in [0.717, 1.165) is 39.0 Å². The van der Waals surface area contributed by atoms with Gasteiger partial charge in [-0.3, -0.25) is 9.69 Å². The Labute approximate surface area is 108 Å². The van der Waals surface area contributed by atoms with Gasteiger partial charge in [-0.05, 0) is 19.4 Å². The van der Waals surface area contributed by atoms with Gasteiger partial charge in [-0.25, -0.2) is 0 Å². The Morgan fingerprint density at radius 2 is 2.33 bits per heavy atom. The van der Waals surface area contributed by atoms with Gasteiger partial charge in [0.1, 0.15) is 0 Å². The van der Waals surface area contributed by atoms with E-state index < -0.39 is 5.97 Å². The summed E-state index contributed by atoms with van der Waals surface area (Å²) in [5.41, 5.74) is -0.0977. The highest BCUT2D eigenvalue weighted by atomic mass is 16.6. The fourth-order valence-electron chi connectivity index (χ4n) is 3.02. The first-order valence-electron chi connectivity index (χ1n) is 6.83. The van der Waals surface area contributed by atoms with E-state index in [1.54, 1.807) is 0 Å². The SMILES string of the molecule is CCN(CCC(=O)O)C1CCOC2(CCOC2)C1. The Morgan fingerprint density at radius 1 is 1.50 bits per heavy atom. The fraction of sp³-hybridized carbons (Fsp3) is 0.923. The van der Waals surface area contributed by atoms with E-state index in [1.807, 2.05) is 0 Å². The molecular formula is C13H23NO4. The van der Waals surface area contributed by atoms with Gasteiger partial charge in [-0.2, -0.15) is 0 Å². The number of hydrogen-bond acceptors (Lipinski definition) is 4. The first kappa shape index (κ1) is 13.8. The molecule has 2 atom stereocenters. The van der Waals surface area contributed by atoms with Crippen LogP contribution >= 0.6 is 0 Å². The van der Waals surface area contributed by atoms with Crippen LogP contribution in [0.1, 0.15) is 32.6 Å². The summed E-state index contributed by atoms with van der Waals surface area (Å²) in [6.07, 6.45) is 3.16. The monoisotopic (exact) mass is 257 g/mol. The maximum absolute atomic E-state index is 10.7. The first-order chi connectivity index (χ1) is 8.65. The van der Waals surface area contributed by atoms with Crippen LogP contribution in [-0.4, -0.2) is 60.5 Å². The van der Waals surface area contributed by atoms with Crippen LogP contribution in [0.4, 0.5) is 0 Å². The van der Waals surface area contributed by atoms with Crippen molar-refractivity contribution in [3.05, 3.63) is 0 Å². The average Bonchev–Trinajstić information content (AvgIpc) is 2.78. The molecule has 2 aliphatic rings. The molecule has 2 unspecified atom stereocenters. The zero-order chi connectivity index (χ0) is 13.0. The summed E-state index contributed by atoms with van der Waals surface area (Å²) < 4.78 is 11.4. The van der Waals surface area contributed by atoms with Gasteiger partial charge in [0, 0.05) is 32.2 Å². The van der Waals surface area contributed by atoms with Crippen LogP contribution in [0.5, 0.6) is 0 Å². The van der Waals surface area contributed by atoms with Gasteiger partial charge in [0.05, 0.1) is 18.6 Å². The molecule has 0 bridgehead atoms. The molecule has 0 aliphatic carbocycles. The average molecular weight is 257 g/mol. The van der Waals surface area contributed by atoms with E-state index in [0.29, 0.717) is 19.2 Å². The Kier molecular flexibility index (Phi) is 4.59. The predicted octanol–water partition coefficient (Wildman–Crippen LogP) is 1.12. The molecular weight excluding hydrogens is 234 g/mol. The third kappa shape index (κ3) is 3.22. The number of carboxylic acid groups (broad SMARTS) is 1. The van der Waals surface area contributed by atoms with Gasteiger partial charge in [0.2, 0.25) is 0 Å². The zero-order valence-corrected chi connectivity index (χ0v) is 11.1. The number of ether oxygens (including phenoxy) is 2. The largest absolute Gasteiger partial charge is 0.481 e. The molecule has 0 amide bonds. The van der Waals surface area contributed by atoms with Crippen LogP contribution in [0.2, 0.25) is 0 Å². The molecule has 2 aliphatic heterocycles. The summed E-state index contributed by atoms with van der Waals surface area (Å²) in [5.74, 6) is -0.723. The molecule has 0 aromatic carbocycles. The van der Waals surface area contributed by atoms with E-state index in [9.17, 15) is 4.79 Å². The topological polar surface area (TPSA) is 59.0 Å². The number of rotatable bonds is 5. The summed E-state index contributed by atoms with van der Waals surface area (Å²) in [5, 5.41) is 8.79. The van der Waals surface area contributed by atoms with Gasteiger partial charge in [-0.1, -0.05) is 6.92 Å². The quantitative estimate of drug-likeness (QED) is 0.800. The lowest BCUT2D eigenvalue weighted by atomic mass is 9.89. The van der Waals surface area contributed by atoms with Crippen LogP contribution in [0.3, 0.4) is 0 Å². The van der Waals surface area contributed by atoms with Gasteiger partial charge >= 0.3 is 5.97 Å². The third-order valence-corrected chi connectivity index (χ3v) is 4.07. The van der Waals surface area contributed by atoms with Gasteiger partial charge in [-0.15, -0.1) is 0 Å². The van der Waals surface area contributed by atoms with Crippen molar-refractivity contribution < 1.29 is 19.4 Å². The van der Waals surface area contributed by atoms with Crippen LogP contribution < -0.4 is 0 Å². The Bertz CT molecular complexity index is 289. The Morgan fingerprint density at radius 3 is 2.94 bits per heavy atom. The van der Waals surface area contributed by atoms with Gasteiger partial charge < -0.3 is 14.6 Å². The number of carbonyl (C=O) groups is 1. The molecule has 5 heteroatoms. The van der Waals surface area contributed by atoms with E-state index in [1.165, 1.54) is 0 Å². The minimum absolute atomic E-state index is 0.0977. The summed E-state index contributed by atoms with van der Waals surface area (Å²) in [6.45, 7) is 5.86. The highest BCUT2D eigenvalue weighted by Crippen LogP contribution is 2.34. The third-order valence-electron chi connectivity index (χ3n) is 4.07. The van der Waals surface area contributed by atoms with Crippen LogP contribution in [0, 0.1) is 0 Å². The summed E-state index contributed by atoms with van der Waals surface area (Å²) >= 11 is 0. The number of aliphatic carboxylic acids is 1. The lowest BCUT2D eigenvalue weighted by Crippen LogP contribution is -2.49. The molecule has 104 valence electrons. The lowest BCUT2D eigenvalue weighted by Gasteiger charge is -2.41. The minimum atomic E-state index is -0.723. The summed E-state index contributed by atoms with van der Waals surface area (Å²) in [6, 6.07) is 0.435. The van der Waals surface area contributed by atoms with E-state index in [-0.39, 0.29) is 12.0 Å². The first-order valence-corrected chi connectivity index (χ1v) is 6.83. The molecule has 0 aromatic rings. The highest BCUT2D eigenvalue weighted by Gasteiger charge is 2.42. The number of carboxylic acids is 1. The van der Waals surface area contributed by atoms with Crippen molar-refractivity contribution in [1.82, 2.24) is 4.90 Å². The van der Waals surface area contributed by atoms with Crippen molar-refractivity contribution in [3.8, 4) is 0 Å². The second-order valence-corrected chi connectivity index (χ2v) is 5.25. The summed E-state index contributed by atoms with van der Waals surface area (Å²) in [7, 11) is 0. The smallest absolute Gasteiger partial charge is 0.304 e. The number of hydrogen-bond donors (Lipinski definition) is 1. The van der Waals surface area contributed by atoms with Crippen molar-refractivity contribution in [2.45, 2.75) is 44.2 Å². The molecule has 0 radical (unpaired) electrons. The highest BCUT2D eigenvalue weighted by molar-refractivity contribution is 5.66. The molecule has 2 saturated heterocycles. The van der Waals surface area contributed by atoms with Gasteiger partial charge in [0.25, 0.3) is 0 Å². The molecule has 5 nitrogen and oxygen atoms in total. The maximum Gasteiger partial charge on any atom is 0.304 e. The van der Waals surface area contributed by atoms with E-state index in [4.69, 9.17) is 14.6 Å². The Hall–Kier alpha value is -0.650. The molecule has 0 saturated carbocycles. The fourth-order valence-corrected chi connectivity index (χ4v) is 3.02. The number of nitrogens with zero attached hydrogens (tertiary/aromatic N) is 1. The summed E-state index contributed by atoms with van der Waals surface area (Å²) in [4.78, 5) is 13.0. The minimum Gasteiger partial charge on any atom is -0.481 e.